The molecular formula is C12H15NO2. The second-order valence-corrected chi connectivity index (χ2v) is 4.16. The van der Waals surface area contributed by atoms with Gasteiger partial charge in [0.15, 0.2) is 0 Å². The van der Waals surface area contributed by atoms with Crippen LogP contribution in [0.15, 0.2) is 24.3 Å². The van der Waals surface area contributed by atoms with E-state index >= 15 is 0 Å². The zero-order chi connectivity index (χ0) is 10.1. The smallest absolute Gasteiger partial charge is 0.124 e. The average Bonchev–Trinajstić information content (AvgIpc) is 2.31. The van der Waals surface area contributed by atoms with E-state index in [9.17, 15) is 0 Å². The largest absolute Gasteiger partial charge is 0.493 e. The molecule has 1 saturated heterocycles. The summed E-state index contributed by atoms with van der Waals surface area (Å²) in [5.74, 6) is 1.00. The lowest BCUT2D eigenvalue weighted by atomic mass is 9.84. The Bertz CT molecular complexity index is 358. The Morgan fingerprint density at radius 1 is 1.20 bits per heavy atom. The standard InChI is InChI=1S/C12H15NO2/c1-2-4-11-10(3-1)12(5-7-15-11)9-14-8-6-13-12/h1-4,13H,5-9H2/t12-/m1/s1. The van der Waals surface area contributed by atoms with Crippen molar-refractivity contribution in [2.45, 2.75) is 12.0 Å². The zero-order valence-corrected chi connectivity index (χ0v) is 8.66. The third kappa shape index (κ3) is 1.43. The van der Waals surface area contributed by atoms with Gasteiger partial charge >= 0.3 is 0 Å². The Morgan fingerprint density at radius 3 is 3.00 bits per heavy atom. The van der Waals surface area contributed by atoms with E-state index < -0.39 is 0 Å². The topological polar surface area (TPSA) is 30.5 Å². The highest BCUT2D eigenvalue weighted by atomic mass is 16.5. The lowest BCUT2D eigenvalue weighted by molar-refractivity contribution is 0.00565. The van der Waals surface area contributed by atoms with Crippen LogP contribution in [0.25, 0.3) is 0 Å². The van der Waals surface area contributed by atoms with Gasteiger partial charge in [-0.2, -0.15) is 0 Å². The molecule has 0 bridgehead atoms. The van der Waals surface area contributed by atoms with Crippen molar-refractivity contribution in [2.24, 2.45) is 0 Å². The van der Waals surface area contributed by atoms with Crippen LogP contribution >= 0.6 is 0 Å². The van der Waals surface area contributed by atoms with Gasteiger partial charge in [-0.3, -0.25) is 0 Å². The van der Waals surface area contributed by atoms with Gasteiger partial charge in [-0.15, -0.1) is 0 Å². The van der Waals surface area contributed by atoms with Crippen molar-refractivity contribution in [3.05, 3.63) is 29.8 Å². The minimum atomic E-state index is -0.00685. The van der Waals surface area contributed by atoms with E-state index in [2.05, 4.69) is 17.4 Å². The summed E-state index contributed by atoms with van der Waals surface area (Å²) in [5, 5.41) is 3.59. The van der Waals surface area contributed by atoms with Crippen molar-refractivity contribution >= 4 is 0 Å². The SMILES string of the molecule is c1ccc2c(c1)OCC[C@@]21COCCN1. The fourth-order valence-electron chi connectivity index (χ4n) is 2.45. The average molecular weight is 205 g/mol. The molecule has 1 aromatic carbocycles. The van der Waals surface area contributed by atoms with Crippen molar-refractivity contribution in [1.82, 2.24) is 5.32 Å². The Hall–Kier alpha value is -1.06. The summed E-state index contributed by atoms with van der Waals surface area (Å²) in [6, 6.07) is 8.25. The number of benzene rings is 1. The molecule has 2 aliphatic heterocycles. The maximum absolute atomic E-state index is 5.66. The van der Waals surface area contributed by atoms with Crippen molar-refractivity contribution in [3.8, 4) is 5.75 Å². The highest BCUT2D eigenvalue weighted by Crippen LogP contribution is 2.37. The minimum Gasteiger partial charge on any atom is -0.493 e. The van der Waals surface area contributed by atoms with Crippen molar-refractivity contribution < 1.29 is 9.47 Å². The highest BCUT2D eigenvalue weighted by molar-refractivity contribution is 5.41. The molecule has 1 aromatic rings. The van der Waals surface area contributed by atoms with Crippen LogP contribution in [0.2, 0.25) is 0 Å². The van der Waals surface area contributed by atoms with E-state index in [0.717, 1.165) is 38.5 Å². The zero-order valence-electron chi connectivity index (χ0n) is 8.66. The van der Waals surface area contributed by atoms with Gasteiger partial charge in [0.25, 0.3) is 0 Å². The molecule has 0 saturated carbocycles. The van der Waals surface area contributed by atoms with Gasteiger partial charge in [0.1, 0.15) is 5.75 Å². The molecule has 0 unspecified atom stereocenters. The van der Waals surface area contributed by atoms with E-state index in [1.807, 2.05) is 12.1 Å². The molecule has 3 nitrogen and oxygen atoms in total. The summed E-state index contributed by atoms with van der Waals surface area (Å²) >= 11 is 0. The molecule has 1 fully saturated rings. The Kier molecular flexibility index (Phi) is 2.15. The molecule has 0 aromatic heterocycles. The molecule has 1 atom stereocenters. The van der Waals surface area contributed by atoms with E-state index in [0.29, 0.717) is 0 Å². The van der Waals surface area contributed by atoms with Gasteiger partial charge < -0.3 is 14.8 Å². The summed E-state index contributed by atoms with van der Waals surface area (Å²) in [6.45, 7) is 3.26. The van der Waals surface area contributed by atoms with Gasteiger partial charge in [0, 0.05) is 18.5 Å². The van der Waals surface area contributed by atoms with Crippen LogP contribution in [0.3, 0.4) is 0 Å². The lowest BCUT2D eigenvalue weighted by Crippen LogP contribution is -2.53. The first-order valence-corrected chi connectivity index (χ1v) is 5.46. The number of rotatable bonds is 0. The summed E-state index contributed by atoms with van der Waals surface area (Å²) in [4.78, 5) is 0. The van der Waals surface area contributed by atoms with Gasteiger partial charge in [0.05, 0.1) is 25.4 Å². The molecule has 1 N–H and O–H groups in total. The summed E-state index contributed by atoms with van der Waals surface area (Å²) < 4.78 is 11.3. The summed E-state index contributed by atoms with van der Waals surface area (Å²) in [6.07, 6.45) is 0.990. The monoisotopic (exact) mass is 205 g/mol. The van der Waals surface area contributed by atoms with E-state index in [1.165, 1.54) is 5.56 Å². The van der Waals surface area contributed by atoms with Crippen LogP contribution in [-0.4, -0.2) is 26.4 Å². The second-order valence-electron chi connectivity index (χ2n) is 4.16. The first-order chi connectivity index (χ1) is 7.41. The number of para-hydroxylation sites is 1. The molecule has 1 spiro atoms. The van der Waals surface area contributed by atoms with Crippen LogP contribution in [0.4, 0.5) is 0 Å². The summed E-state index contributed by atoms with van der Waals surface area (Å²) in [7, 11) is 0. The number of nitrogens with one attached hydrogen (secondary N) is 1. The normalized spacial score (nSPS) is 29.6. The van der Waals surface area contributed by atoms with E-state index in [4.69, 9.17) is 9.47 Å². The molecule has 0 radical (unpaired) electrons. The fraction of sp³-hybridized carbons (Fsp3) is 0.500. The van der Waals surface area contributed by atoms with Gasteiger partial charge in [-0.05, 0) is 6.07 Å². The number of hydrogen-bond donors (Lipinski definition) is 1. The third-order valence-corrected chi connectivity index (χ3v) is 3.25. The molecule has 3 heteroatoms. The molecule has 80 valence electrons. The molecule has 3 rings (SSSR count). The van der Waals surface area contributed by atoms with E-state index in [1.54, 1.807) is 0 Å². The highest BCUT2D eigenvalue weighted by Gasteiger charge is 2.39. The van der Waals surface area contributed by atoms with Crippen LogP contribution in [-0.2, 0) is 10.3 Å². The summed E-state index contributed by atoms with van der Waals surface area (Å²) in [5.41, 5.74) is 1.24. The predicted molar refractivity (Wildman–Crippen MR) is 57.1 cm³/mol. The lowest BCUT2D eigenvalue weighted by Gasteiger charge is -2.42. The quantitative estimate of drug-likeness (QED) is 0.692. The number of fused-ring (bicyclic) bond motifs is 2. The number of hydrogen-bond acceptors (Lipinski definition) is 3. The molecule has 2 heterocycles. The molecule has 15 heavy (non-hydrogen) atoms. The predicted octanol–water partition coefficient (Wildman–Crippen LogP) is 1.28. The van der Waals surface area contributed by atoms with Crippen molar-refractivity contribution in [3.63, 3.8) is 0 Å². The van der Waals surface area contributed by atoms with Crippen LogP contribution in [0.1, 0.15) is 12.0 Å². The number of ether oxygens (including phenoxy) is 2. The second kappa shape index (κ2) is 3.51. The van der Waals surface area contributed by atoms with Gasteiger partial charge in [-0.1, -0.05) is 18.2 Å². The maximum Gasteiger partial charge on any atom is 0.124 e. The van der Waals surface area contributed by atoms with Crippen molar-refractivity contribution in [1.29, 1.82) is 0 Å². The van der Waals surface area contributed by atoms with E-state index in [-0.39, 0.29) is 5.54 Å². The third-order valence-electron chi connectivity index (χ3n) is 3.25. The first-order valence-electron chi connectivity index (χ1n) is 5.46. The molecule has 0 aliphatic carbocycles. The van der Waals surface area contributed by atoms with Crippen LogP contribution < -0.4 is 10.1 Å². The van der Waals surface area contributed by atoms with Crippen LogP contribution in [0.5, 0.6) is 5.75 Å². The Balaban J connectivity index is 2.04. The van der Waals surface area contributed by atoms with Crippen LogP contribution in [0, 0.1) is 0 Å². The van der Waals surface area contributed by atoms with Gasteiger partial charge in [0.2, 0.25) is 0 Å². The molecule has 0 amide bonds. The maximum atomic E-state index is 5.66. The minimum absolute atomic E-state index is 0.00685. The molecule has 2 aliphatic rings. The number of morpholine rings is 1. The fourth-order valence-corrected chi connectivity index (χ4v) is 2.45. The molecular weight excluding hydrogens is 190 g/mol. The van der Waals surface area contributed by atoms with Gasteiger partial charge in [-0.25, -0.2) is 0 Å². The Morgan fingerprint density at radius 2 is 2.13 bits per heavy atom. The van der Waals surface area contributed by atoms with Crippen molar-refractivity contribution in [2.75, 3.05) is 26.4 Å². The first kappa shape index (κ1) is 9.19. The Labute approximate surface area is 89.4 Å².